The summed E-state index contributed by atoms with van der Waals surface area (Å²) in [5.41, 5.74) is 1.23. The van der Waals surface area contributed by atoms with Crippen molar-refractivity contribution in [2.75, 3.05) is 29.9 Å². The fraction of sp³-hybridized carbons (Fsp3) is 0.263. The summed E-state index contributed by atoms with van der Waals surface area (Å²) in [6.45, 7) is 2.09. The van der Waals surface area contributed by atoms with Crippen LogP contribution in [0.1, 0.15) is 6.92 Å². The van der Waals surface area contributed by atoms with Crippen LogP contribution in [0.15, 0.2) is 30.9 Å². The lowest BCUT2D eigenvalue weighted by atomic mass is 10.0. The van der Waals surface area contributed by atoms with Crippen LogP contribution in [0.5, 0.6) is 0 Å². The van der Waals surface area contributed by atoms with Crippen molar-refractivity contribution in [1.29, 1.82) is 0 Å². The van der Waals surface area contributed by atoms with E-state index in [1.165, 1.54) is 38.0 Å². The monoisotopic (exact) mass is 497 g/mol. The smallest absolute Gasteiger partial charge is 0.407 e. The average molecular weight is 498 g/mol. The summed E-state index contributed by atoms with van der Waals surface area (Å²) in [5, 5.41) is 12.6. The van der Waals surface area contributed by atoms with E-state index in [-0.39, 0.29) is 28.0 Å². The van der Waals surface area contributed by atoms with E-state index in [1.54, 1.807) is 6.92 Å². The van der Waals surface area contributed by atoms with Crippen molar-refractivity contribution in [2.24, 2.45) is 0 Å². The van der Waals surface area contributed by atoms with Crippen LogP contribution in [-0.2, 0) is 14.8 Å². The number of methoxy groups -OCH3 is 1. The molecular formula is C19H21ClFN7O4S. The maximum absolute atomic E-state index is 15.2. The number of carbonyl (C=O) groups is 1. The number of ether oxygens (including phenoxy) is 1. The molecule has 2 aromatic heterocycles. The fourth-order valence-electron chi connectivity index (χ4n) is 2.96. The van der Waals surface area contributed by atoms with E-state index in [1.807, 2.05) is 0 Å². The van der Waals surface area contributed by atoms with Gasteiger partial charge >= 0.3 is 6.09 Å². The number of aromatic amines is 1. The number of amides is 1. The molecule has 0 aliphatic heterocycles. The zero-order valence-corrected chi connectivity index (χ0v) is 19.4. The zero-order valence-electron chi connectivity index (χ0n) is 17.8. The lowest BCUT2D eigenvalue weighted by molar-refractivity contribution is 0.168. The third kappa shape index (κ3) is 6.08. The lowest BCUT2D eigenvalue weighted by Crippen LogP contribution is -2.37. The van der Waals surface area contributed by atoms with Gasteiger partial charge in [0.1, 0.15) is 12.0 Å². The number of carbonyl (C=O) groups excluding carboxylic acids is 1. The Bertz CT molecular complexity index is 1270. The summed E-state index contributed by atoms with van der Waals surface area (Å²) in [6, 6.07) is 2.23. The van der Waals surface area contributed by atoms with Gasteiger partial charge in [-0.3, -0.25) is 9.82 Å². The molecule has 1 amide bonds. The maximum Gasteiger partial charge on any atom is 0.407 e. The van der Waals surface area contributed by atoms with Crippen LogP contribution in [0.2, 0.25) is 5.02 Å². The third-order valence-electron chi connectivity index (χ3n) is 4.36. The molecule has 4 N–H and O–H groups in total. The molecular weight excluding hydrogens is 477 g/mol. The highest BCUT2D eigenvalue weighted by molar-refractivity contribution is 7.92. The highest BCUT2D eigenvalue weighted by Crippen LogP contribution is 2.37. The molecule has 0 saturated carbocycles. The van der Waals surface area contributed by atoms with Crippen molar-refractivity contribution >= 4 is 39.1 Å². The number of H-pyrrole nitrogens is 1. The van der Waals surface area contributed by atoms with E-state index in [0.29, 0.717) is 23.5 Å². The number of hydrogen-bond acceptors (Lipinski definition) is 8. The van der Waals surface area contributed by atoms with Crippen LogP contribution in [0.3, 0.4) is 0 Å². The summed E-state index contributed by atoms with van der Waals surface area (Å²) in [6.07, 6.45) is 4.63. The Morgan fingerprint density at radius 3 is 2.73 bits per heavy atom. The van der Waals surface area contributed by atoms with Gasteiger partial charge in [0.25, 0.3) is 0 Å². The van der Waals surface area contributed by atoms with E-state index in [9.17, 15) is 13.2 Å². The van der Waals surface area contributed by atoms with Gasteiger partial charge in [-0.05, 0) is 19.1 Å². The molecule has 0 spiro atoms. The van der Waals surface area contributed by atoms with Crippen molar-refractivity contribution in [1.82, 2.24) is 25.5 Å². The SMILES string of the molecule is COC(=O)NC(C)CNc1cncnc1-c1cn[nH]c1-c1cc(Cl)cc(NS(C)(=O)=O)c1F. The quantitative estimate of drug-likeness (QED) is 0.371. The average Bonchev–Trinajstić information content (AvgIpc) is 3.23. The maximum atomic E-state index is 15.2. The molecule has 0 fully saturated rings. The molecule has 3 rings (SSSR count). The predicted molar refractivity (Wildman–Crippen MR) is 122 cm³/mol. The van der Waals surface area contributed by atoms with Crippen LogP contribution >= 0.6 is 11.6 Å². The molecule has 0 aliphatic rings. The number of nitrogens with one attached hydrogen (secondary N) is 4. The van der Waals surface area contributed by atoms with Gasteiger partial charge < -0.3 is 15.4 Å². The number of anilines is 2. The number of rotatable bonds is 8. The summed E-state index contributed by atoms with van der Waals surface area (Å²) in [4.78, 5) is 19.7. The first-order chi connectivity index (χ1) is 15.6. The Morgan fingerprint density at radius 1 is 1.27 bits per heavy atom. The topological polar surface area (TPSA) is 151 Å². The Kier molecular flexibility index (Phi) is 7.33. The third-order valence-corrected chi connectivity index (χ3v) is 5.17. The van der Waals surface area contributed by atoms with Crippen molar-refractivity contribution in [3.63, 3.8) is 0 Å². The van der Waals surface area contributed by atoms with Gasteiger partial charge in [0, 0.05) is 28.7 Å². The van der Waals surface area contributed by atoms with E-state index in [2.05, 4.69) is 40.3 Å². The number of sulfonamides is 1. The highest BCUT2D eigenvalue weighted by Gasteiger charge is 2.21. The van der Waals surface area contributed by atoms with Gasteiger partial charge in [0.2, 0.25) is 10.0 Å². The second-order valence-corrected chi connectivity index (χ2v) is 9.24. The molecule has 1 aromatic carbocycles. The minimum absolute atomic E-state index is 0.00793. The molecule has 0 saturated heterocycles. The Hall–Kier alpha value is -3.45. The van der Waals surface area contributed by atoms with Gasteiger partial charge in [-0.15, -0.1) is 0 Å². The molecule has 33 heavy (non-hydrogen) atoms. The Labute approximate surface area is 194 Å². The molecule has 14 heteroatoms. The zero-order chi connectivity index (χ0) is 24.2. The second kappa shape index (κ2) is 10.0. The number of alkyl carbamates (subject to hydrolysis) is 1. The Balaban J connectivity index is 1.98. The number of aromatic nitrogens is 4. The molecule has 11 nitrogen and oxygen atoms in total. The number of benzene rings is 1. The largest absolute Gasteiger partial charge is 0.453 e. The predicted octanol–water partition coefficient (Wildman–Crippen LogP) is 2.85. The minimum atomic E-state index is -3.74. The highest BCUT2D eigenvalue weighted by atomic mass is 35.5. The first-order valence-corrected chi connectivity index (χ1v) is 11.7. The number of nitrogens with zero attached hydrogens (tertiary/aromatic N) is 3. The summed E-state index contributed by atoms with van der Waals surface area (Å²) in [5.74, 6) is -0.838. The first kappa shape index (κ1) is 24.2. The Morgan fingerprint density at radius 2 is 2.03 bits per heavy atom. The molecule has 2 heterocycles. The van der Waals surface area contributed by atoms with Gasteiger partial charge in [-0.25, -0.2) is 27.6 Å². The van der Waals surface area contributed by atoms with Crippen molar-refractivity contribution < 1.29 is 22.3 Å². The molecule has 176 valence electrons. The molecule has 1 atom stereocenters. The van der Waals surface area contributed by atoms with Crippen LogP contribution in [0, 0.1) is 5.82 Å². The summed E-state index contributed by atoms with van der Waals surface area (Å²) in [7, 11) is -2.47. The second-order valence-electron chi connectivity index (χ2n) is 7.05. The minimum Gasteiger partial charge on any atom is -0.453 e. The molecule has 1 unspecified atom stereocenters. The van der Waals surface area contributed by atoms with E-state index in [4.69, 9.17) is 11.6 Å². The van der Waals surface area contributed by atoms with Crippen LogP contribution in [0.4, 0.5) is 20.6 Å². The van der Waals surface area contributed by atoms with Crippen molar-refractivity contribution in [2.45, 2.75) is 13.0 Å². The van der Waals surface area contributed by atoms with Gasteiger partial charge in [0.05, 0.1) is 42.8 Å². The van der Waals surface area contributed by atoms with E-state index >= 15 is 4.39 Å². The van der Waals surface area contributed by atoms with Crippen molar-refractivity contribution in [3.05, 3.63) is 41.7 Å². The molecule has 0 radical (unpaired) electrons. The summed E-state index contributed by atoms with van der Waals surface area (Å²) < 4.78 is 45.1. The molecule has 3 aromatic rings. The molecule has 0 aliphatic carbocycles. The van der Waals surface area contributed by atoms with E-state index < -0.39 is 21.9 Å². The summed E-state index contributed by atoms with van der Waals surface area (Å²) >= 11 is 6.12. The number of hydrogen-bond donors (Lipinski definition) is 4. The van der Waals surface area contributed by atoms with Crippen LogP contribution < -0.4 is 15.4 Å². The normalized spacial score (nSPS) is 12.2. The fourth-order valence-corrected chi connectivity index (χ4v) is 3.73. The lowest BCUT2D eigenvalue weighted by Gasteiger charge is -2.16. The van der Waals surface area contributed by atoms with Crippen LogP contribution in [-0.4, -0.2) is 60.6 Å². The van der Waals surface area contributed by atoms with Crippen LogP contribution in [0.25, 0.3) is 22.5 Å². The van der Waals surface area contributed by atoms with Gasteiger partial charge in [0.15, 0.2) is 5.82 Å². The molecule has 0 bridgehead atoms. The van der Waals surface area contributed by atoms with Crippen molar-refractivity contribution in [3.8, 4) is 22.5 Å². The first-order valence-electron chi connectivity index (χ1n) is 9.48. The van der Waals surface area contributed by atoms with Gasteiger partial charge in [-0.2, -0.15) is 5.10 Å². The van der Waals surface area contributed by atoms with Gasteiger partial charge in [-0.1, -0.05) is 11.6 Å². The number of halogens is 2. The van der Waals surface area contributed by atoms with E-state index in [0.717, 1.165) is 6.26 Å². The standard InChI is InChI=1S/C19H21ClFN7O4S/c1-10(26-19(29)32-2)6-23-15-8-22-9-24-18(15)13-7-25-27-17(13)12-4-11(20)5-14(16(12)21)28-33(3,30)31/h4-5,7-10,23,28H,6H2,1-3H3,(H,25,27)(H,26,29).